The van der Waals surface area contributed by atoms with E-state index in [1.165, 1.54) is 10.6 Å². The van der Waals surface area contributed by atoms with Gasteiger partial charge in [-0.1, -0.05) is 6.07 Å². The third-order valence-electron chi connectivity index (χ3n) is 3.37. The summed E-state index contributed by atoms with van der Waals surface area (Å²) in [5.74, 6) is 0. The molecule has 0 radical (unpaired) electrons. The van der Waals surface area contributed by atoms with Gasteiger partial charge in [0, 0.05) is 45.5 Å². The highest BCUT2D eigenvalue weighted by molar-refractivity contribution is 7.88. The molecule has 0 aliphatic carbocycles. The minimum Gasteiger partial charge on any atom is -0.325 e. The molecular weight excluding hydrogens is 264 g/mol. The van der Waals surface area contributed by atoms with Gasteiger partial charge in [-0.3, -0.25) is 9.88 Å². The standard InChI is InChI=1S/C12H20N4O2S/c1-19(17,18)16-7-5-15(6-8-16)10-11-3-2-4-14-12(11)9-13/h2-4H,5-10,13H2,1H3. The van der Waals surface area contributed by atoms with E-state index in [1.807, 2.05) is 12.1 Å². The molecular formula is C12H20N4O2S. The van der Waals surface area contributed by atoms with Crippen LogP contribution in [0.15, 0.2) is 18.3 Å². The Morgan fingerprint density at radius 1 is 1.32 bits per heavy atom. The Morgan fingerprint density at radius 3 is 2.58 bits per heavy atom. The molecule has 0 atom stereocenters. The van der Waals surface area contributed by atoms with Crippen LogP contribution in [0.5, 0.6) is 0 Å². The second-order valence-corrected chi connectivity index (χ2v) is 6.73. The molecule has 0 aromatic carbocycles. The van der Waals surface area contributed by atoms with Gasteiger partial charge in [-0.15, -0.1) is 0 Å². The molecule has 1 aromatic heterocycles. The van der Waals surface area contributed by atoms with E-state index in [-0.39, 0.29) is 0 Å². The number of aromatic nitrogens is 1. The Bertz CT molecular complexity index is 524. The lowest BCUT2D eigenvalue weighted by Gasteiger charge is -2.33. The molecule has 6 nitrogen and oxygen atoms in total. The van der Waals surface area contributed by atoms with Gasteiger partial charge in [-0.05, 0) is 11.6 Å². The van der Waals surface area contributed by atoms with E-state index in [0.29, 0.717) is 19.6 Å². The minimum atomic E-state index is -3.06. The molecule has 1 aliphatic rings. The third-order valence-corrected chi connectivity index (χ3v) is 4.68. The molecule has 0 amide bonds. The molecule has 0 unspecified atom stereocenters. The smallest absolute Gasteiger partial charge is 0.211 e. The van der Waals surface area contributed by atoms with Crippen molar-refractivity contribution >= 4 is 10.0 Å². The van der Waals surface area contributed by atoms with Gasteiger partial charge < -0.3 is 5.73 Å². The summed E-state index contributed by atoms with van der Waals surface area (Å²) in [4.78, 5) is 6.49. The van der Waals surface area contributed by atoms with Crippen molar-refractivity contribution in [2.75, 3.05) is 32.4 Å². The van der Waals surface area contributed by atoms with Crippen LogP contribution < -0.4 is 5.73 Å². The number of pyridine rings is 1. The summed E-state index contributed by atoms with van der Waals surface area (Å²) in [5, 5.41) is 0. The zero-order valence-corrected chi connectivity index (χ0v) is 11.9. The van der Waals surface area contributed by atoms with Crippen LogP contribution in [0.3, 0.4) is 0 Å². The molecule has 2 rings (SSSR count). The highest BCUT2D eigenvalue weighted by Gasteiger charge is 2.23. The molecule has 2 heterocycles. The first-order valence-corrected chi connectivity index (χ1v) is 8.16. The lowest BCUT2D eigenvalue weighted by molar-refractivity contribution is 0.181. The van der Waals surface area contributed by atoms with Crippen molar-refractivity contribution in [3.63, 3.8) is 0 Å². The largest absolute Gasteiger partial charge is 0.325 e. The summed E-state index contributed by atoms with van der Waals surface area (Å²) in [6.45, 7) is 3.80. The number of rotatable bonds is 4. The van der Waals surface area contributed by atoms with Crippen molar-refractivity contribution in [2.24, 2.45) is 5.73 Å². The van der Waals surface area contributed by atoms with Crippen molar-refractivity contribution < 1.29 is 8.42 Å². The Labute approximate surface area is 114 Å². The van der Waals surface area contributed by atoms with Crippen molar-refractivity contribution in [1.82, 2.24) is 14.2 Å². The zero-order chi connectivity index (χ0) is 13.9. The number of nitrogens with two attached hydrogens (primary N) is 1. The monoisotopic (exact) mass is 284 g/mol. The average Bonchev–Trinajstić information content (AvgIpc) is 2.39. The number of hydrogen-bond acceptors (Lipinski definition) is 5. The van der Waals surface area contributed by atoms with Crippen LogP contribution in [-0.2, 0) is 23.1 Å². The molecule has 0 spiro atoms. The fourth-order valence-corrected chi connectivity index (χ4v) is 3.09. The summed E-state index contributed by atoms with van der Waals surface area (Å²) in [6.07, 6.45) is 3.00. The lowest BCUT2D eigenvalue weighted by Crippen LogP contribution is -2.47. The quantitative estimate of drug-likeness (QED) is 0.815. The van der Waals surface area contributed by atoms with Gasteiger partial charge in [0.2, 0.25) is 10.0 Å². The van der Waals surface area contributed by atoms with Gasteiger partial charge in [-0.25, -0.2) is 8.42 Å². The van der Waals surface area contributed by atoms with Gasteiger partial charge in [-0.2, -0.15) is 4.31 Å². The number of sulfonamides is 1. The van der Waals surface area contributed by atoms with E-state index in [1.54, 1.807) is 6.20 Å². The van der Waals surface area contributed by atoms with E-state index in [2.05, 4.69) is 9.88 Å². The molecule has 0 saturated carbocycles. The van der Waals surface area contributed by atoms with Crippen LogP contribution in [0.4, 0.5) is 0 Å². The first-order chi connectivity index (χ1) is 9.00. The lowest BCUT2D eigenvalue weighted by atomic mass is 10.1. The second kappa shape index (κ2) is 5.96. The second-order valence-electron chi connectivity index (χ2n) is 4.75. The predicted molar refractivity (Wildman–Crippen MR) is 73.8 cm³/mol. The normalized spacial score (nSPS) is 18.6. The molecule has 1 aromatic rings. The molecule has 106 valence electrons. The van der Waals surface area contributed by atoms with E-state index in [4.69, 9.17) is 5.73 Å². The summed E-state index contributed by atoms with van der Waals surface area (Å²) >= 11 is 0. The van der Waals surface area contributed by atoms with Gasteiger partial charge in [0.1, 0.15) is 0 Å². The van der Waals surface area contributed by atoms with Crippen LogP contribution in [-0.4, -0.2) is 55.0 Å². The first-order valence-electron chi connectivity index (χ1n) is 6.31. The van der Waals surface area contributed by atoms with Crippen LogP contribution in [0, 0.1) is 0 Å². The fraction of sp³-hybridized carbons (Fsp3) is 0.583. The van der Waals surface area contributed by atoms with Crippen molar-refractivity contribution in [3.05, 3.63) is 29.6 Å². The maximum absolute atomic E-state index is 11.4. The van der Waals surface area contributed by atoms with E-state index in [9.17, 15) is 8.42 Å². The van der Waals surface area contributed by atoms with Gasteiger partial charge in [0.15, 0.2) is 0 Å². The van der Waals surface area contributed by atoms with Crippen molar-refractivity contribution in [2.45, 2.75) is 13.1 Å². The number of hydrogen-bond donors (Lipinski definition) is 1. The average molecular weight is 284 g/mol. The Hall–Kier alpha value is -1.02. The summed E-state index contributed by atoms with van der Waals surface area (Å²) in [5.41, 5.74) is 7.70. The number of piperazine rings is 1. The fourth-order valence-electron chi connectivity index (χ4n) is 2.26. The Kier molecular flexibility index (Phi) is 4.51. The van der Waals surface area contributed by atoms with E-state index >= 15 is 0 Å². The van der Waals surface area contributed by atoms with Crippen molar-refractivity contribution in [1.29, 1.82) is 0 Å². The van der Waals surface area contributed by atoms with Crippen LogP contribution >= 0.6 is 0 Å². The van der Waals surface area contributed by atoms with Gasteiger partial charge >= 0.3 is 0 Å². The number of nitrogens with zero attached hydrogens (tertiary/aromatic N) is 3. The summed E-state index contributed by atoms with van der Waals surface area (Å²) in [7, 11) is -3.06. The first kappa shape index (κ1) is 14.4. The highest BCUT2D eigenvalue weighted by atomic mass is 32.2. The summed E-state index contributed by atoms with van der Waals surface area (Å²) in [6, 6.07) is 3.93. The Morgan fingerprint density at radius 2 is 2.00 bits per heavy atom. The van der Waals surface area contributed by atoms with Crippen LogP contribution in [0.25, 0.3) is 0 Å². The molecule has 2 N–H and O–H groups in total. The molecule has 1 fully saturated rings. The Balaban J connectivity index is 1.96. The SMILES string of the molecule is CS(=O)(=O)N1CCN(Cc2cccnc2CN)CC1. The van der Waals surface area contributed by atoms with E-state index in [0.717, 1.165) is 30.9 Å². The molecule has 1 saturated heterocycles. The third kappa shape index (κ3) is 3.73. The predicted octanol–water partition coefficient (Wildman–Crippen LogP) is -0.382. The maximum Gasteiger partial charge on any atom is 0.211 e. The van der Waals surface area contributed by atoms with E-state index < -0.39 is 10.0 Å². The topological polar surface area (TPSA) is 79.5 Å². The summed E-state index contributed by atoms with van der Waals surface area (Å²) < 4.78 is 24.4. The van der Waals surface area contributed by atoms with Crippen LogP contribution in [0.2, 0.25) is 0 Å². The minimum absolute atomic E-state index is 0.430. The molecule has 1 aliphatic heterocycles. The molecule has 19 heavy (non-hydrogen) atoms. The van der Waals surface area contributed by atoms with Gasteiger partial charge in [0.05, 0.1) is 11.9 Å². The molecule has 7 heteroatoms. The molecule has 0 bridgehead atoms. The maximum atomic E-state index is 11.4. The van der Waals surface area contributed by atoms with Gasteiger partial charge in [0.25, 0.3) is 0 Å². The van der Waals surface area contributed by atoms with Crippen molar-refractivity contribution in [3.8, 4) is 0 Å². The van der Waals surface area contributed by atoms with Crippen LogP contribution in [0.1, 0.15) is 11.3 Å². The zero-order valence-electron chi connectivity index (χ0n) is 11.1. The highest BCUT2D eigenvalue weighted by Crippen LogP contribution is 2.12.